The molecule has 1 aliphatic rings. The van der Waals surface area contributed by atoms with Crippen LogP contribution in [0.3, 0.4) is 0 Å². The van der Waals surface area contributed by atoms with Crippen molar-refractivity contribution in [1.29, 1.82) is 0 Å². The van der Waals surface area contributed by atoms with Crippen molar-refractivity contribution in [2.75, 3.05) is 4.90 Å². The predicted octanol–water partition coefficient (Wildman–Crippen LogP) is 11.9. The monoisotopic (exact) mass is 591 g/mol. The molecule has 1 aliphatic carbocycles. The summed E-state index contributed by atoms with van der Waals surface area (Å²) in [6, 6.07) is 64.4. The first-order valence-corrected chi connectivity index (χ1v) is 16.3. The molecule has 0 unspecified atom stereocenters. The highest BCUT2D eigenvalue weighted by molar-refractivity contribution is 7.26. The maximum Gasteiger partial charge on any atom is 0.0713 e. The van der Waals surface area contributed by atoms with Crippen molar-refractivity contribution in [3.05, 3.63) is 198 Å². The van der Waals surface area contributed by atoms with E-state index < -0.39 is 5.41 Å². The van der Waals surface area contributed by atoms with Crippen molar-refractivity contribution in [2.24, 2.45) is 0 Å². The second-order valence-corrected chi connectivity index (χ2v) is 12.8. The summed E-state index contributed by atoms with van der Waals surface area (Å²) in [5, 5.41) is 2.58. The Bertz CT molecular complexity index is 2240. The molecule has 0 saturated heterocycles. The maximum atomic E-state index is 2.48. The molecule has 0 radical (unpaired) electrons. The standard InChI is InChI=1S/C43H29NS/c1-4-15-30(16-5-1)43(37-23-12-10-21-34(37)35-22-11-13-24-38(35)43)31-27-28-40-36(29-31)42-39(25-14-26-41(42)45-40)44(32-17-6-2-7-18-32)33-19-8-3-9-20-33/h1-29H. The summed E-state index contributed by atoms with van der Waals surface area (Å²) in [7, 11) is 0. The van der Waals surface area contributed by atoms with Gasteiger partial charge in [0.25, 0.3) is 0 Å². The molecule has 0 aliphatic heterocycles. The molecular formula is C43H29NS. The van der Waals surface area contributed by atoms with E-state index in [-0.39, 0.29) is 0 Å². The van der Waals surface area contributed by atoms with Crippen LogP contribution in [0.1, 0.15) is 22.3 Å². The van der Waals surface area contributed by atoms with Gasteiger partial charge in [-0.3, -0.25) is 0 Å². The molecule has 7 aromatic carbocycles. The molecule has 1 heterocycles. The lowest BCUT2D eigenvalue weighted by Crippen LogP contribution is -2.28. The molecule has 9 rings (SSSR count). The van der Waals surface area contributed by atoms with Gasteiger partial charge in [0.1, 0.15) is 0 Å². The van der Waals surface area contributed by atoms with Gasteiger partial charge < -0.3 is 4.90 Å². The number of nitrogens with zero attached hydrogens (tertiary/aromatic N) is 1. The number of hydrogen-bond acceptors (Lipinski definition) is 2. The smallest absolute Gasteiger partial charge is 0.0713 e. The highest BCUT2D eigenvalue weighted by Crippen LogP contribution is 2.57. The fraction of sp³-hybridized carbons (Fsp3) is 0.0233. The molecular weight excluding hydrogens is 563 g/mol. The lowest BCUT2D eigenvalue weighted by Gasteiger charge is -2.34. The summed E-state index contributed by atoms with van der Waals surface area (Å²) >= 11 is 1.87. The van der Waals surface area contributed by atoms with Gasteiger partial charge in [-0.25, -0.2) is 0 Å². The molecule has 1 aromatic heterocycles. The minimum atomic E-state index is -0.426. The van der Waals surface area contributed by atoms with Crippen molar-refractivity contribution < 1.29 is 0 Å². The molecule has 0 spiro atoms. The Balaban J connectivity index is 1.37. The third-order valence-electron chi connectivity index (χ3n) is 9.33. The van der Waals surface area contributed by atoms with Crippen LogP contribution in [0.2, 0.25) is 0 Å². The Hall–Kier alpha value is -5.44. The Morgan fingerprint density at radius 3 is 1.60 bits per heavy atom. The quantitative estimate of drug-likeness (QED) is 0.192. The summed E-state index contributed by atoms with van der Waals surface area (Å²) in [6.45, 7) is 0. The van der Waals surface area contributed by atoms with Gasteiger partial charge in [0.2, 0.25) is 0 Å². The van der Waals surface area contributed by atoms with Crippen LogP contribution in [0.25, 0.3) is 31.3 Å². The van der Waals surface area contributed by atoms with Gasteiger partial charge in [-0.05, 0) is 81.9 Å². The Morgan fingerprint density at radius 1 is 0.422 bits per heavy atom. The average Bonchev–Trinajstić information content (AvgIpc) is 3.64. The van der Waals surface area contributed by atoms with Crippen LogP contribution in [-0.4, -0.2) is 0 Å². The average molecular weight is 592 g/mol. The largest absolute Gasteiger partial charge is 0.310 e. The van der Waals surface area contributed by atoms with Crippen LogP contribution in [0, 0.1) is 0 Å². The Morgan fingerprint density at radius 2 is 0.978 bits per heavy atom. The molecule has 2 heteroatoms. The van der Waals surface area contributed by atoms with E-state index in [2.05, 4.69) is 181 Å². The number of para-hydroxylation sites is 2. The number of anilines is 3. The number of benzene rings is 7. The van der Waals surface area contributed by atoms with E-state index in [4.69, 9.17) is 0 Å². The van der Waals surface area contributed by atoms with E-state index in [9.17, 15) is 0 Å². The highest BCUT2D eigenvalue weighted by Gasteiger charge is 2.46. The van der Waals surface area contributed by atoms with Crippen molar-refractivity contribution in [2.45, 2.75) is 5.41 Å². The summed E-state index contributed by atoms with van der Waals surface area (Å²) in [5.74, 6) is 0. The second kappa shape index (κ2) is 10.3. The van der Waals surface area contributed by atoms with Gasteiger partial charge in [0.05, 0.1) is 11.1 Å². The molecule has 8 aromatic rings. The minimum absolute atomic E-state index is 0.426. The molecule has 1 nitrogen and oxygen atoms in total. The molecule has 0 atom stereocenters. The van der Waals surface area contributed by atoms with Crippen molar-refractivity contribution in [3.8, 4) is 11.1 Å². The number of rotatable bonds is 5. The summed E-state index contributed by atoms with van der Waals surface area (Å²) in [6.07, 6.45) is 0. The van der Waals surface area contributed by atoms with E-state index in [1.54, 1.807) is 0 Å². The molecule has 0 saturated carbocycles. The van der Waals surface area contributed by atoms with E-state index in [0.29, 0.717) is 0 Å². The van der Waals surface area contributed by atoms with E-state index >= 15 is 0 Å². The molecule has 45 heavy (non-hydrogen) atoms. The fourth-order valence-corrected chi connectivity index (χ4v) is 8.63. The van der Waals surface area contributed by atoms with Crippen LogP contribution in [0.15, 0.2) is 176 Å². The first-order chi connectivity index (χ1) is 22.3. The predicted molar refractivity (Wildman–Crippen MR) is 191 cm³/mol. The van der Waals surface area contributed by atoms with Gasteiger partial charge in [-0.15, -0.1) is 11.3 Å². The Labute approximate surface area is 267 Å². The molecule has 0 N–H and O–H groups in total. The van der Waals surface area contributed by atoms with Crippen molar-refractivity contribution >= 4 is 48.6 Å². The van der Waals surface area contributed by atoms with Gasteiger partial charge in [-0.1, -0.05) is 127 Å². The third-order valence-corrected chi connectivity index (χ3v) is 10.5. The topological polar surface area (TPSA) is 3.24 Å². The van der Waals surface area contributed by atoms with Gasteiger partial charge in [0.15, 0.2) is 0 Å². The number of fused-ring (bicyclic) bond motifs is 6. The molecule has 0 bridgehead atoms. The lowest BCUT2D eigenvalue weighted by atomic mass is 9.67. The Kier molecular flexibility index (Phi) is 5.97. The van der Waals surface area contributed by atoms with Crippen LogP contribution in [-0.2, 0) is 5.41 Å². The van der Waals surface area contributed by atoms with Crippen LogP contribution in [0.5, 0.6) is 0 Å². The number of hydrogen-bond donors (Lipinski definition) is 0. The third kappa shape index (κ3) is 3.86. The molecule has 0 fully saturated rings. The zero-order valence-electron chi connectivity index (χ0n) is 24.6. The normalized spacial score (nSPS) is 13.1. The molecule has 212 valence electrons. The zero-order valence-corrected chi connectivity index (χ0v) is 25.4. The highest BCUT2D eigenvalue weighted by atomic mass is 32.1. The van der Waals surface area contributed by atoms with Crippen molar-refractivity contribution in [1.82, 2.24) is 0 Å². The number of thiophene rings is 1. The van der Waals surface area contributed by atoms with Crippen LogP contribution in [0.4, 0.5) is 17.1 Å². The SMILES string of the molecule is c1ccc(N(c2ccccc2)c2cccc3sc4ccc(C5(c6ccccc6)c6ccccc6-c6ccccc65)cc4c23)cc1. The van der Waals surface area contributed by atoms with E-state index in [1.807, 2.05) is 11.3 Å². The van der Waals surface area contributed by atoms with Crippen LogP contribution >= 0.6 is 11.3 Å². The van der Waals surface area contributed by atoms with Gasteiger partial charge in [0, 0.05) is 31.5 Å². The first-order valence-electron chi connectivity index (χ1n) is 15.4. The minimum Gasteiger partial charge on any atom is -0.310 e. The van der Waals surface area contributed by atoms with Gasteiger partial charge in [-0.2, -0.15) is 0 Å². The first kappa shape index (κ1) is 26.0. The molecule has 0 amide bonds. The summed E-state index contributed by atoms with van der Waals surface area (Å²) < 4.78 is 2.59. The van der Waals surface area contributed by atoms with E-state index in [1.165, 1.54) is 59.2 Å². The lowest BCUT2D eigenvalue weighted by molar-refractivity contribution is 0.770. The second-order valence-electron chi connectivity index (χ2n) is 11.7. The van der Waals surface area contributed by atoms with Crippen molar-refractivity contribution in [3.63, 3.8) is 0 Å². The van der Waals surface area contributed by atoms with Crippen LogP contribution < -0.4 is 4.90 Å². The zero-order chi connectivity index (χ0) is 29.8. The maximum absolute atomic E-state index is 2.48. The van der Waals surface area contributed by atoms with E-state index in [0.717, 1.165) is 11.4 Å². The van der Waals surface area contributed by atoms with Gasteiger partial charge >= 0.3 is 0 Å². The summed E-state index contributed by atoms with van der Waals surface area (Å²) in [5.41, 5.74) is 10.9. The fourth-order valence-electron chi connectivity index (χ4n) is 7.52. The summed E-state index contributed by atoms with van der Waals surface area (Å²) in [4.78, 5) is 2.40.